The van der Waals surface area contributed by atoms with Gasteiger partial charge in [-0.1, -0.05) is 60.7 Å². The first-order chi connectivity index (χ1) is 24.7. The lowest BCUT2D eigenvalue weighted by atomic mass is 10.0. The molecule has 15 heteroatoms. The number of alkyl carbamates (subject to hydrolysis) is 1. The van der Waals surface area contributed by atoms with Crippen LogP contribution in [0, 0.1) is 0 Å². The summed E-state index contributed by atoms with van der Waals surface area (Å²) in [4.78, 5) is 77.6. The normalized spacial score (nSPS) is 16.6. The minimum absolute atomic E-state index is 0.0355. The molecule has 0 aromatic heterocycles. The Hall–Kier alpha value is -5.83. The van der Waals surface area contributed by atoms with E-state index in [1.807, 2.05) is 60.7 Å². The molecule has 52 heavy (non-hydrogen) atoms. The number of anilines is 1. The number of ether oxygens (including phenoxy) is 5. The summed E-state index contributed by atoms with van der Waals surface area (Å²) in [6.07, 6.45) is -2.56. The monoisotopic (exact) mass is 731 g/mol. The summed E-state index contributed by atoms with van der Waals surface area (Å²) in [5, 5.41) is 4.43. The minimum Gasteiger partial charge on any atom is -0.448 e. The lowest BCUT2D eigenvalue weighted by molar-refractivity contribution is -0.153. The molecule has 14 nitrogen and oxygen atoms in total. The Kier molecular flexibility index (Phi) is 11.5. The Morgan fingerprint density at radius 1 is 0.846 bits per heavy atom. The van der Waals surface area contributed by atoms with E-state index in [-0.39, 0.29) is 34.2 Å². The molecule has 0 radical (unpaired) electrons. The maximum absolute atomic E-state index is 14.2. The molecular formula is C37H37N3O11S. The molecule has 272 valence electrons. The van der Waals surface area contributed by atoms with Gasteiger partial charge in [0, 0.05) is 36.9 Å². The Balaban J connectivity index is 1.40. The molecule has 0 aliphatic carbocycles. The van der Waals surface area contributed by atoms with Gasteiger partial charge in [-0.3, -0.25) is 24.6 Å². The summed E-state index contributed by atoms with van der Waals surface area (Å²) < 4.78 is 27.1. The van der Waals surface area contributed by atoms with Crippen LogP contribution in [0.5, 0.6) is 11.5 Å². The van der Waals surface area contributed by atoms with Crippen LogP contribution in [0.3, 0.4) is 0 Å². The summed E-state index contributed by atoms with van der Waals surface area (Å²) in [7, 11) is 0. The van der Waals surface area contributed by atoms with Gasteiger partial charge in [-0.15, -0.1) is 11.8 Å². The predicted octanol–water partition coefficient (Wildman–Crippen LogP) is 5.48. The second-order valence-corrected chi connectivity index (χ2v) is 13.7. The van der Waals surface area contributed by atoms with Crippen molar-refractivity contribution in [3.8, 4) is 11.5 Å². The van der Waals surface area contributed by atoms with Gasteiger partial charge < -0.3 is 29.0 Å². The number of nitrogens with zero attached hydrogens (tertiary/aromatic N) is 1. The van der Waals surface area contributed by atoms with E-state index in [9.17, 15) is 28.8 Å². The zero-order valence-corrected chi connectivity index (χ0v) is 29.8. The lowest BCUT2D eigenvalue weighted by Gasteiger charge is -2.49. The van der Waals surface area contributed by atoms with Gasteiger partial charge in [-0.05, 0) is 44.0 Å². The van der Waals surface area contributed by atoms with Crippen LogP contribution in [0.4, 0.5) is 15.3 Å². The summed E-state index contributed by atoms with van der Waals surface area (Å²) in [5.41, 5.74) is 0.903. The van der Waals surface area contributed by atoms with E-state index in [4.69, 9.17) is 23.7 Å². The summed E-state index contributed by atoms with van der Waals surface area (Å²) >= 11 is 1.26. The second-order valence-electron chi connectivity index (χ2n) is 12.6. The fourth-order valence-corrected chi connectivity index (χ4v) is 6.66. The third-order valence-electron chi connectivity index (χ3n) is 7.42. The number of benzene rings is 3. The topological polar surface area (TPSA) is 176 Å². The number of amides is 3. The molecule has 1 fully saturated rings. The van der Waals surface area contributed by atoms with Crippen LogP contribution in [0.1, 0.15) is 51.8 Å². The molecule has 3 aromatic rings. The van der Waals surface area contributed by atoms with Gasteiger partial charge in [-0.25, -0.2) is 14.4 Å². The predicted molar refractivity (Wildman–Crippen MR) is 188 cm³/mol. The van der Waals surface area contributed by atoms with Gasteiger partial charge in [0.25, 0.3) is 5.91 Å². The van der Waals surface area contributed by atoms with Crippen molar-refractivity contribution in [2.45, 2.75) is 57.7 Å². The molecule has 2 N–H and O–H groups in total. The highest BCUT2D eigenvalue weighted by molar-refractivity contribution is 8.00. The van der Waals surface area contributed by atoms with Crippen LogP contribution in [0.15, 0.2) is 90.1 Å². The molecule has 1 saturated heterocycles. The van der Waals surface area contributed by atoms with Crippen molar-refractivity contribution in [1.82, 2.24) is 10.2 Å². The van der Waals surface area contributed by atoms with Gasteiger partial charge in [-0.2, -0.15) is 0 Å². The Labute approximate surface area is 303 Å². The molecule has 3 aromatic carbocycles. The Morgan fingerprint density at radius 3 is 2.02 bits per heavy atom. The third-order valence-corrected chi connectivity index (χ3v) is 8.76. The van der Waals surface area contributed by atoms with Crippen LogP contribution in [-0.2, 0) is 33.4 Å². The number of hydrogen-bond donors (Lipinski definition) is 2. The SMILES string of the molecule is CC(=O)Oc1ccc(NC(=O)OCC2=C(C(=O)OC(c3ccccc3)c3ccccc3)N3C(=O)C(NC(=O)OC(C)(C)C)[C@H]3SC2)cc1OC(C)=O. The fourth-order valence-electron chi connectivity index (χ4n) is 5.33. The first kappa shape index (κ1) is 37.4. The smallest absolute Gasteiger partial charge is 0.411 e. The van der Waals surface area contributed by atoms with Crippen molar-refractivity contribution in [1.29, 1.82) is 0 Å². The zero-order valence-electron chi connectivity index (χ0n) is 29.0. The highest BCUT2D eigenvalue weighted by Gasteiger charge is 2.55. The number of carbonyl (C=O) groups excluding carboxylic acids is 6. The van der Waals surface area contributed by atoms with E-state index in [0.717, 1.165) is 6.92 Å². The summed E-state index contributed by atoms with van der Waals surface area (Å²) in [6.45, 7) is 7.03. The summed E-state index contributed by atoms with van der Waals surface area (Å²) in [6, 6.07) is 21.2. The molecule has 5 rings (SSSR count). The van der Waals surface area contributed by atoms with Crippen molar-refractivity contribution in [3.05, 3.63) is 101 Å². The van der Waals surface area contributed by atoms with E-state index in [0.29, 0.717) is 11.1 Å². The van der Waals surface area contributed by atoms with Crippen LogP contribution in [0.2, 0.25) is 0 Å². The molecule has 1 unspecified atom stereocenters. The van der Waals surface area contributed by atoms with Crippen molar-refractivity contribution in [2.75, 3.05) is 17.7 Å². The highest BCUT2D eigenvalue weighted by atomic mass is 32.2. The van der Waals surface area contributed by atoms with Crippen molar-refractivity contribution >= 4 is 53.5 Å². The van der Waals surface area contributed by atoms with Crippen molar-refractivity contribution < 1.29 is 52.5 Å². The first-order valence-corrected chi connectivity index (χ1v) is 17.2. The highest BCUT2D eigenvalue weighted by Crippen LogP contribution is 2.42. The molecule has 0 spiro atoms. The molecule has 2 heterocycles. The fraction of sp³-hybridized carbons (Fsp3) is 0.297. The third kappa shape index (κ3) is 9.28. The maximum atomic E-state index is 14.2. The van der Waals surface area contributed by atoms with E-state index in [1.165, 1.54) is 41.8 Å². The number of fused-ring (bicyclic) bond motifs is 1. The van der Waals surface area contributed by atoms with Gasteiger partial charge in [0.15, 0.2) is 17.6 Å². The Bertz CT molecular complexity index is 1850. The molecule has 3 amide bonds. The minimum atomic E-state index is -0.978. The van der Waals surface area contributed by atoms with Crippen LogP contribution >= 0.6 is 11.8 Å². The molecule has 2 atom stereocenters. The average molecular weight is 732 g/mol. The standard InChI is InChI=1S/C37H37N3O11S/c1-21(41)48-27-17-16-26(18-28(27)49-22(2)42)38-35(45)47-19-25-20-52-33-29(39-36(46)51-37(3,4)5)32(43)40(33)30(25)34(44)50-31(23-12-8-6-9-13-23)24-14-10-7-11-15-24/h6-18,29,31,33H,19-20H2,1-5H3,(H,38,45)(H,39,46)/t29?,33-/m1/s1. The molecule has 0 saturated carbocycles. The number of thioether (sulfide) groups is 1. The van der Waals surface area contributed by atoms with Crippen molar-refractivity contribution in [3.63, 3.8) is 0 Å². The van der Waals surface area contributed by atoms with Gasteiger partial charge >= 0.3 is 30.1 Å². The number of carbonyl (C=O) groups is 6. The molecule has 2 aliphatic heterocycles. The van der Waals surface area contributed by atoms with Gasteiger partial charge in [0.1, 0.15) is 29.3 Å². The number of esters is 3. The molecular weight excluding hydrogens is 694 g/mol. The van der Waals surface area contributed by atoms with E-state index in [1.54, 1.807) is 20.8 Å². The van der Waals surface area contributed by atoms with Crippen molar-refractivity contribution in [2.24, 2.45) is 0 Å². The average Bonchev–Trinajstić information content (AvgIpc) is 3.08. The molecule has 0 bridgehead atoms. The van der Waals surface area contributed by atoms with Crippen LogP contribution in [0.25, 0.3) is 0 Å². The Morgan fingerprint density at radius 2 is 1.44 bits per heavy atom. The van der Waals surface area contributed by atoms with Gasteiger partial charge in [0.05, 0.1) is 0 Å². The largest absolute Gasteiger partial charge is 0.448 e. The second kappa shape index (κ2) is 16.0. The van der Waals surface area contributed by atoms with Crippen LogP contribution < -0.4 is 20.1 Å². The lowest BCUT2D eigenvalue weighted by Crippen LogP contribution is -2.71. The summed E-state index contributed by atoms with van der Waals surface area (Å²) in [5.74, 6) is -2.73. The van der Waals surface area contributed by atoms with E-state index in [2.05, 4.69) is 10.6 Å². The number of hydrogen-bond acceptors (Lipinski definition) is 12. The maximum Gasteiger partial charge on any atom is 0.411 e. The zero-order chi connectivity index (χ0) is 37.6. The number of rotatable bonds is 10. The van der Waals surface area contributed by atoms with E-state index >= 15 is 0 Å². The quantitative estimate of drug-likeness (QED) is 0.116. The first-order valence-electron chi connectivity index (χ1n) is 16.1. The molecule has 2 aliphatic rings. The number of nitrogens with one attached hydrogen (secondary N) is 2. The van der Waals surface area contributed by atoms with Gasteiger partial charge in [0.2, 0.25) is 0 Å². The number of β-lactam (4-membered cyclic amide) rings is 1. The van der Waals surface area contributed by atoms with Crippen LogP contribution in [-0.4, -0.2) is 70.3 Å². The van der Waals surface area contributed by atoms with E-state index < -0.39 is 65.7 Å².